The van der Waals surface area contributed by atoms with Crippen molar-refractivity contribution >= 4 is 16.9 Å². The van der Waals surface area contributed by atoms with Crippen LogP contribution in [0.5, 0.6) is 0 Å². The molecule has 0 radical (unpaired) electrons. The van der Waals surface area contributed by atoms with E-state index in [0.717, 1.165) is 6.54 Å². The maximum absolute atomic E-state index is 12.3. The first-order valence-corrected chi connectivity index (χ1v) is 4.79. The van der Waals surface area contributed by atoms with Crippen LogP contribution in [0.1, 0.15) is 6.42 Å². The number of allylic oxidation sites excluding steroid dienone is 1. The molecule has 0 aromatic rings. The Hall–Kier alpha value is -0.650. The molecule has 0 aromatic heterocycles. The van der Waals surface area contributed by atoms with Gasteiger partial charge in [-0.1, -0.05) is 11.8 Å². The van der Waals surface area contributed by atoms with Gasteiger partial charge < -0.3 is 5.32 Å². The lowest BCUT2D eigenvalue weighted by molar-refractivity contribution is 0.373. The van der Waals surface area contributed by atoms with Crippen LogP contribution in [0.2, 0.25) is 0 Å². The number of thioether (sulfide) groups is 1. The minimum Gasteiger partial charge on any atom is -0.363 e. The molecule has 0 saturated carbocycles. The van der Waals surface area contributed by atoms with Gasteiger partial charge in [-0.05, 0) is 0 Å². The maximum atomic E-state index is 12.3. The Morgan fingerprint density at radius 3 is 2.77 bits per heavy atom. The number of hydrogen-bond acceptors (Lipinski definition) is 3. The summed E-state index contributed by atoms with van der Waals surface area (Å²) in [5.41, 5.74) is 0. The van der Waals surface area contributed by atoms with Gasteiger partial charge in [0.15, 0.2) is 11.0 Å². The first-order chi connectivity index (χ1) is 6.20. The van der Waals surface area contributed by atoms with Gasteiger partial charge in [0.1, 0.15) is 0 Å². The molecule has 0 amide bonds. The highest BCUT2D eigenvalue weighted by molar-refractivity contribution is 8.13. The number of amidine groups is 1. The lowest BCUT2D eigenvalue weighted by Crippen LogP contribution is -2.15. The van der Waals surface area contributed by atoms with Crippen molar-refractivity contribution in [1.29, 1.82) is 0 Å². The summed E-state index contributed by atoms with van der Waals surface area (Å²) < 4.78 is 35.4. The van der Waals surface area contributed by atoms with Crippen molar-refractivity contribution in [3.8, 4) is 0 Å². The van der Waals surface area contributed by atoms with Gasteiger partial charge in [0.05, 0.1) is 6.54 Å². The second-order valence-corrected chi connectivity index (χ2v) is 3.46. The Balaban J connectivity index is 2.17. The molecule has 0 fully saturated rings. The molecule has 1 aliphatic heterocycles. The number of hydrogen-bond donors (Lipinski definition) is 1. The van der Waals surface area contributed by atoms with Gasteiger partial charge in [-0.3, -0.25) is 4.99 Å². The van der Waals surface area contributed by atoms with Crippen LogP contribution in [0, 0.1) is 0 Å². The number of halogens is 3. The van der Waals surface area contributed by atoms with E-state index in [-0.39, 0.29) is 12.2 Å². The van der Waals surface area contributed by atoms with Crippen LogP contribution in [0.3, 0.4) is 0 Å². The normalized spacial score (nSPS) is 15.2. The summed E-state index contributed by atoms with van der Waals surface area (Å²) in [6, 6.07) is 0. The van der Waals surface area contributed by atoms with Crippen LogP contribution in [-0.2, 0) is 0 Å². The minimum absolute atomic E-state index is 0.242. The zero-order chi connectivity index (χ0) is 9.68. The molecule has 1 rings (SSSR count). The van der Waals surface area contributed by atoms with Crippen molar-refractivity contribution < 1.29 is 13.2 Å². The molecule has 0 aromatic carbocycles. The summed E-state index contributed by atoms with van der Waals surface area (Å²) in [6.07, 6.45) is -2.46. The molecule has 0 atom stereocenters. The van der Waals surface area contributed by atoms with Crippen molar-refractivity contribution in [3.05, 3.63) is 11.9 Å². The molecular formula is C7H9F3N2S. The number of nitrogens with zero attached hydrogens (tertiary/aromatic N) is 1. The molecule has 6 heteroatoms. The summed E-state index contributed by atoms with van der Waals surface area (Å²) in [5.74, 6) is -1.04. The zero-order valence-electron chi connectivity index (χ0n) is 6.82. The van der Waals surface area contributed by atoms with Gasteiger partial charge in [0.2, 0.25) is 0 Å². The van der Waals surface area contributed by atoms with Crippen molar-refractivity contribution in [2.45, 2.75) is 6.42 Å². The van der Waals surface area contributed by atoms with Gasteiger partial charge >= 0.3 is 6.08 Å². The molecule has 0 aliphatic carbocycles. The molecule has 2 nitrogen and oxygen atoms in total. The van der Waals surface area contributed by atoms with Gasteiger partial charge in [-0.25, -0.2) is 4.39 Å². The molecule has 13 heavy (non-hydrogen) atoms. The lowest BCUT2D eigenvalue weighted by Gasteiger charge is -1.99. The Bertz CT molecular complexity index is 236. The second kappa shape index (κ2) is 5.16. The number of rotatable bonds is 3. The minimum atomic E-state index is -2.22. The molecule has 74 valence electrons. The topological polar surface area (TPSA) is 24.4 Å². The van der Waals surface area contributed by atoms with Crippen molar-refractivity contribution in [2.75, 3.05) is 18.8 Å². The predicted octanol–water partition coefficient (Wildman–Crippen LogP) is 2.15. The average Bonchev–Trinajstić information content (AvgIpc) is 2.56. The van der Waals surface area contributed by atoms with E-state index in [2.05, 4.69) is 10.3 Å². The Morgan fingerprint density at radius 2 is 2.23 bits per heavy atom. The van der Waals surface area contributed by atoms with E-state index in [0.29, 0.717) is 11.7 Å². The lowest BCUT2D eigenvalue weighted by atomic mass is 10.4. The number of nitrogens with one attached hydrogen (secondary N) is 1. The largest absolute Gasteiger partial charge is 0.363 e. The fourth-order valence-corrected chi connectivity index (χ4v) is 1.67. The maximum Gasteiger partial charge on any atom is 0.301 e. The van der Waals surface area contributed by atoms with Crippen LogP contribution in [0.4, 0.5) is 13.2 Å². The third-order valence-electron chi connectivity index (χ3n) is 1.41. The smallest absolute Gasteiger partial charge is 0.301 e. The van der Waals surface area contributed by atoms with Crippen LogP contribution in [0.15, 0.2) is 16.9 Å². The zero-order valence-corrected chi connectivity index (χ0v) is 7.63. The SMILES string of the molecule is FC(F)=C(F)CCSC1=NCCN1. The van der Waals surface area contributed by atoms with Gasteiger partial charge in [0, 0.05) is 18.7 Å². The van der Waals surface area contributed by atoms with E-state index >= 15 is 0 Å². The Kier molecular flexibility index (Phi) is 4.14. The third kappa shape index (κ3) is 3.71. The molecular weight excluding hydrogens is 201 g/mol. The van der Waals surface area contributed by atoms with Crippen LogP contribution >= 0.6 is 11.8 Å². The predicted molar refractivity (Wildman–Crippen MR) is 47.7 cm³/mol. The average molecular weight is 210 g/mol. The highest BCUT2D eigenvalue weighted by Gasteiger charge is 2.08. The first kappa shape index (κ1) is 10.4. The Labute approximate surface area is 78.3 Å². The summed E-state index contributed by atoms with van der Waals surface area (Å²) in [7, 11) is 0. The van der Waals surface area contributed by atoms with E-state index in [1.807, 2.05) is 0 Å². The fraction of sp³-hybridized carbons (Fsp3) is 0.571. The summed E-state index contributed by atoms with van der Waals surface area (Å²) >= 11 is 1.26. The van der Waals surface area contributed by atoms with Gasteiger partial charge in [0.25, 0.3) is 0 Å². The fourth-order valence-electron chi connectivity index (χ4n) is 0.805. The van der Waals surface area contributed by atoms with E-state index in [1.54, 1.807) is 0 Å². The van der Waals surface area contributed by atoms with Crippen molar-refractivity contribution in [3.63, 3.8) is 0 Å². The molecule has 1 N–H and O–H groups in total. The van der Waals surface area contributed by atoms with Crippen LogP contribution in [-0.4, -0.2) is 24.0 Å². The molecule has 0 saturated heterocycles. The molecule has 0 bridgehead atoms. The summed E-state index contributed by atoms with van der Waals surface area (Å²) in [4.78, 5) is 4.02. The monoisotopic (exact) mass is 210 g/mol. The highest BCUT2D eigenvalue weighted by atomic mass is 32.2. The highest BCUT2D eigenvalue weighted by Crippen LogP contribution is 2.17. The third-order valence-corrected chi connectivity index (χ3v) is 2.36. The van der Waals surface area contributed by atoms with Gasteiger partial charge in [-0.2, -0.15) is 8.78 Å². The van der Waals surface area contributed by atoms with E-state index in [1.165, 1.54) is 11.8 Å². The van der Waals surface area contributed by atoms with Crippen LogP contribution < -0.4 is 5.32 Å². The van der Waals surface area contributed by atoms with Crippen molar-refractivity contribution in [1.82, 2.24) is 5.32 Å². The summed E-state index contributed by atoms with van der Waals surface area (Å²) in [6.45, 7) is 1.48. The quantitative estimate of drug-likeness (QED) is 0.771. The number of aliphatic imine (C=N–C) groups is 1. The molecule has 0 unspecified atom stereocenters. The summed E-state index contributed by atoms with van der Waals surface area (Å²) in [5, 5.41) is 3.66. The van der Waals surface area contributed by atoms with E-state index in [9.17, 15) is 13.2 Å². The first-order valence-electron chi connectivity index (χ1n) is 3.81. The second-order valence-electron chi connectivity index (χ2n) is 2.38. The van der Waals surface area contributed by atoms with E-state index in [4.69, 9.17) is 0 Å². The molecule has 1 heterocycles. The van der Waals surface area contributed by atoms with Crippen molar-refractivity contribution in [2.24, 2.45) is 4.99 Å². The standard InChI is InChI=1S/C7H9F3N2S/c8-5(6(9)10)1-4-13-7-11-2-3-12-7/h1-4H2,(H,11,12). The van der Waals surface area contributed by atoms with Gasteiger partial charge in [-0.15, -0.1) is 0 Å². The van der Waals surface area contributed by atoms with E-state index < -0.39 is 11.9 Å². The Morgan fingerprint density at radius 1 is 1.46 bits per heavy atom. The van der Waals surface area contributed by atoms with Crippen LogP contribution in [0.25, 0.3) is 0 Å². The molecule has 1 aliphatic rings. The molecule has 0 spiro atoms.